The Balaban J connectivity index is 2.61. The van der Waals surface area contributed by atoms with Crippen molar-refractivity contribution in [2.24, 2.45) is 0 Å². The van der Waals surface area contributed by atoms with Gasteiger partial charge in [-0.3, -0.25) is 4.90 Å². The second-order valence-electron chi connectivity index (χ2n) is 4.70. The van der Waals surface area contributed by atoms with E-state index in [1.807, 2.05) is 0 Å². The highest BCUT2D eigenvalue weighted by atomic mass is 16.5. The molecule has 7 heteroatoms. The quantitative estimate of drug-likeness (QED) is 0.518. The number of para-hydroxylation sites is 1. The summed E-state index contributed by atoms with van der Waals surface area (Å²) in [5, 5.41) is 28.0. The monoisotopic (exact) mass is 315 g/mol. The summed E-state index contributed by atoms with van der Waals surface area (Å²) >= 11 is 0. The molecule has 126 valence electrons. The minimum Gasteiger partial charge on any atom is -0.493 e. The van der Waals surface area contributed by atoms with Gasteiger partial charge in [0.25, 0.3) is 0 Å². The van der Waals surface area contributed by atoms with Crippen LogP contribution >= 0.6 is 0 Å². The molecule has 0 aliphatic carbocycles. The Morgan fingerprint density at radius 3 is 2.05 bits per heavy atom. The molecular weight excluding hydrogens is 290 g/mol. The van der Waals surface area contributed by atoms with E-state index in [1.165, 1.54) is 14.2 Å². The second-order valence-corrected chi connectivity index (χ2v) is 4.70. The molecule has 0 unspecified atom stereocenters. The second kappa shape index (κ2) is 10.2. The van der Waals surface area contributed by atoms with E-state index >= 15 is 0 Å². The maximum atomic E-state index is 10.0. The molecule has 0 radical (unpaired) electrons. The molecule has 0 spiro atoms. The smallest absolute Gasteiger partial charge is 0.203 e. The van der Waals surface area contributed by atoms with Crippen molar-refractivity contribution in [3.05, 3.63) is 18.2 Å². The van der Waals surface area contributed by atoms with Gasteiger partial charge in [0.1, 0.15) is 12.7 Å². The lowest BCUT2D eigenvalue weighted by molar-refractivity contribution is 0.0537. The van der Waals surface area contributed by atoms with Crippen molar-refractivity contribution in [3.8, 4) is 17.2 Å². The third-order valence-electron chi connectivity index (χ3n) is 3.10. The van der Waals surface area contributed by atoms with Crippen molar-refractivity contribution >= 4 is 0 Å². The van der Waals surface area contributed by atoms with Gasteiger partial charge in [0.05, 0.1) is 27.4 Å². The van der Waals surface area contributed by atoms with Crippen molar-refractivity contribution in [3.63, 3.8) is 0 Å². The van der Waals surface area contributed by atoms with Crippen molar-refractivity contribution < 1.29 is 29.5 Å². The molecule has 0 heterocycles. The molecule has 1 rings (SSSR count). The van der Waals surface area contributed by atoms with Crippen LogP contribution in [0.3, 0.4) is 0 Å². The molecule has 0 amide bonds. The van der Waals surface area contributed by atoms with Crippen molar-refractivity contribution in [1.29, 1.82) is 0 Å². The Hall–Kier alpha value is -1.54. The van der Waals surface area contributed by atoms with E-state index in [0.717, 1.165) is 0 Å². The molecular formula is C15H25NO6. The summed E-state index contributed by atoms with van der Waals surface area (Å²) in [4.78, 5) is 1.76. The fourth-order valence-corrected chi connectivity index (χ4v) is 2.07. The number of methoxy groups -OCH3 is 2. The lowest BCUT2D eigenvalue weighted by Crippen LogP contribution is -2.38. The summed E-state index contributed by atoms with van der Waals surface area (Å²) in [6.45, 7) is 1.04. The van der Waals surface area contributed by atoms with Crippen LogP contribution in [0.1, 0.15) is 0 Å². The molecule has 1 aromatic carbocycles. The van der Waals surface area contributed by atoms with Crippen LogP contribution in [0.2, 0.25) is 0 Å². The van der Waals surface area contributed by atoms with Gasteiger partial charge >= 0.3 is 0 Å². The fourth-order valence-electron chi connectivity index (χ4n) is 2.07. The largest absolute Gasteiger partial charge is 0.493 e. The third-order valence-corrected chi connectivity index (χ3v) is 3.10. The molecule has 0 aliphatic heterocycles. The Labute approximate surface area is 130 Å². The third kappa shape index (κ3) is 5.69. The molecule has 0 aliphatic rings. The van der Waals surface area contributed by atoms with Crippen LogP contribution in [-0.2, 0) is 0 Å². The first-order valence-electron chi connectivity index (χ1n) is 7.12. The van der Waals surface area contributed by atoms with Crippen molar-refractivity contribution in [1.82, 2.24) is 4.90 Å². The predicted molar refractivity (Wildman–Crippen MR) is 81.7 cm³/mol. The molecule has 0 bridgehead atoms. The van der Waals surface area contributed by atoms with Gasteiger partial charge in [-0.2, -0.15) is 0 Å². The van der Waals surface area contributed by atoms with E-state index in [4.69, 9.17) is 24.4 Å². The average molecular weight is 315 g/mol. The number of benzene rings is 1. The van der Waals surface area contributed by atoms with Gasteiger partial charge in [-0.05, 0) is 12.1 Å². The normalized spacial score (nSPS) is 12.3. The molecule has 0 aromatic heterocycles. The molecule has 1 atom stereocenters. The van der Waals surface area contributed by atoms with Crippen LogP contribution in [-0.4, -0.2) is 80.0 Å². The Morgan fingerprint density at radius 2 is 1.59 bits per heavy atom. The van der Waals surface area contributed by atoms with E-state index in [2.05, 4.69) is 0 Å². The van der Waals surface area contributed by atoms with Crippen molar-refractivity contribution in [2.45, 2.75) is 6.10 Å². The first-order chi connectivity index (χ1) is 10.7. The molecule has 3 N–H and O–H groups in total. The number of aliphatic hydroxyl groups is 3. The number of aliphatic hydroxyl groups excluding tert-OH is 3. The van der Waals surface area contributed by atoms with Crippen LogP contribution < -0.4 is 14.2 Å². The van der Waals surface area contributed by atoms with Crippen LogP contribution in [0.15, 0.2) is 18.2 Å². The Kier molecular flexibility index (Phi) is 8.61. The highest BCUT2D eigenvalue weighted by Crippen LogP contribution is 2.36. The van der Waals surface area contributed by atoms with Gasteiger partial charge in [-0.15, -0.1) is 0 Å². The van der Waals surface area contributed by atoms with E-state index in [0.29, 0.717) is 36.9 Å². The Bertz CT molecular complexity index is 400. The number of rotatable bonds is 11. The molecule has 0 saturated carbocycles. The number of hydrogen-bond donors (Lipinski definition) is 3. The molecule has 22 heavy (non-hydrogen) atoms. The SMILES string of the molecule is COc1cccc(OC)c1OC[C@H](O)CN(CCO)CCO. The van der Waals surface area contributed by atoms with Crippen LogP contribution in [0.4, 0.5) is 0 Å². The van der Waals surface area contributed by atoms with E-state index in [9.17, 15) is 5.11 Å². The minimum atomic E-state index is -0.771. The van der Waals surface area contributed by atoms with E-state index in [-0.39, 0.29) is 19.8 Å². The van der Waals surface area contributed by atoms with Crippen LogP contribution in [0, 0.1) is 0 Å². The summed E-state index contributed by atoms with van der Waals surface area (Å²) in [5.74, 6) is 1.48. The zero-order valence-corrected chi connectivity index (χ0v) is 13.1. The Morgan fingerprint density at radius 1 is 1.05 bits per heavy atom. The van der Waals surface area contributed by atoms with Crippen molar-refractivity contribution in [2.75, 3.05) is 53.7 Å². The topological polar surface area (TPSA) is 91.6 Å². The van der Waals surface area contributed by atoms with Gasteiger partial charge in [0.15, 0.2) is 11.5 Å². The van der Waals surface area contributed by atoms with Gasteiger partial charge < -0.3 is 29.5 Å². The summed E-state index contributed by atoms with van der Waals surface area (Å²) < 4.78 is 16.0. The number of nitrogens with zero attached hydrogens (tertiary/aromatic N) is 1. The highest BCUT2D eigenvalue weighted by molar-refractivity contribution is 5.51. The van der Waals surface area contributed by atoms with E-state index in [1.54, 1.807) is 23.1 Å². The zero-order chi connectivity index (χ0) is 16.4. The van der Waals surface area contributed by atoms with Gasteiger partial charge in [-0.25, -0.2) is 0 Å². The minimum absolute atomic E-state index is 0.0338. The van der Waals surface area contributed by atoms with Gasteiger partial charge in [-0.1, -0.05) is 6.07 Å². The summed E-state index contributed by atoms with van der Waals surface area (Å²) in [6.07, 6.45) is -0.771. The van der Waals surface area contributed by atoms with Gasteiger partial charge in [0.2, 0.25) is 5.75 Å². The molecule has 0 fully saturated rings. The lowest BCUT2D eigenvalue weighted by atomic mass is 10.3. The van der Waals surface area contributed by atoms with E-state index < -0.39 is 6.10 Å². The average Bonchev–Trinajstić information content (AvgIpc) is 2.52. The lowest BCUT2D eigenvalue weighted by Gasteiger charge is -2.24. The first-order valence-corrected chi connectivity index (χ1v) is 7.12. The summed E-state index contributed by atoms with van der Waals surface area (Å²) in [6, 6.07) is 5.27. The van der Waals surface area contributed by atoms with Crippen LogP contribution in [0.25, 0.3) is 0 Å². The molecule has 0 saturated heterocycles. The van der Waals surface area contributed by atoms with Crippen LogP contribution in [0.5, 0.6) is 17.2 Å². The predicted octanol–water partition coefficient (Wildman–Crippen LogP) is -0.270. The fraction of sp³-hybridized carbons (Fsp3) is 0.600. The molecule has 7 nitrogen and oxygen atoms in total. The zero-order valence-electron chi connectivity index (χ0n) is 13.1. The summed E-state index contributed by atoms with van der Waals surface area (Å²) in [7, 11) is 3.06. The first kappa shape index (κ1) is 18.5. The summed E-state index contributed by atoms with van der Waals surface area (Å²) in [5.41, 5.74) is 0. The number of ether oxygens (including phenoxy) is 3. The molecule has 1 aromatic rings. The number of hydrogen-bond acceptors (Lipinski definition) is 7. The maximum Gasteiger partial charge on any atom is 0.203 e. The maximum absolute atomic E-state index is 10.0. The van der Waals surface area contributed by atoms with Gasteiger partial charge in [0, 0.05) is 19.6 Å². The highest BCUT2D eigenvalue weighted by Gasteiger charge is 2.16. The standard InChI is InChI=1S/C15H25NO6/c1-20-13-4-3-5-14(21-2)15(13)22-11-12(19)10-16(6-8-17)7-9-18/h3-5,12,17-19H,6-11H2,1-2H3/t12-/m1/s1.